The summed E-state index contributed by atoms with van der Waals surface area (Å²) >= 11 is 0. The van der Waals surface area contributed by atoms with Crippen LogP contribution in [0.4, 0.5) is 4.48 Å². The van der Waals surface area contributed by atoms with Gasteiger partial charge in [-0.3, -0.25) is 9.78 Å². The monoisotopic (exact) mass is 372 g/mol. The Hall–Kier alpha value is -4.01. The highest BCUT2D eigenvalue weighted by Gasteiger charge is 2.12. The maximum absolute atomic E-state index is 11.9. The molecule has 8 nitrogen and oxygen atoms in total. The van der Waals surface area contributed by atoms with Gasteiger partial charge in [0.05, 0.1) is 11.1 Å². The average Bonchev–Trinajstić information content (AvgIpc) is 2.70. The summed E-state index contributed by atoms with van der Waals surface area (Å²) in [6.45, 7) is 0. The zero-order chi connectivity index (χ0) is 19.6. The number of nitrogens with zero attached hydrogens (tertiary/aromatic N) is 1. The van der Waals surface area contributed by atoms with Gasteiger partial charge in [0.25, 0.3) is 5.56 Å². The Morgan fingerprint density at radius 1 is 0.778 bits per heavy atom. The number of aromatic amines is 1. The van der Waals surface area contributed by atoms with Crippen LogP contribution < -0.4 is 11.2 Å². The van der Waals surface area contributed by atoms with Crippen molar-refractivity contribution >= 4 is 11.9 Å². The molecule has 0 radical (unpaired) electrons. The Bertz CT molecular complexity index is 964. The number of rotatable bonds is 2. The molecule has 138 valence electrons. The fraction of sp³-hybridized carbons (Fsp3) is 0. The fourth-order valence-corrected chi connectivity index (χ4v) is 1.72. The molecule has 1 aromatic heterocycles. The molecule has 2 aromatic carbocycles. The molecule has 0 aliphatic carbocycles. The first kappa shape index (κ1) is 19.3. The highest BCUT2D eigenvalue weighted by Crippen LogP contribution is 2.05. The number of hydrogen-bond acceptors (Lipinski definition) is 6. The summed E-state index contributed by atoms with van der Waals surface area (Å²) in [7, 11) is 0. The van der Waals surface area contributed by atoms with Crippen LogP contribution in [0.3, 0.4) is 0 Å². The highest BCUT2D eigenvalue weighted by atomic mass is 19.2. The number of H-pyrrole nitrogens is 1. The first-order chi connectivity index (χ1) is 13.0. The Kier molecular flexibility index (Phi) is 6.77. The Labute approximate surface area is 151 Å². The number of carbonyl (C=O) groups excluding carboxylic acids is 2. The second kappa shape index (κ2) is 9.47. The van der Waals surface area contributed by atoms with Gasteiger partial charge in [0.2, 0.25) is 0 Å². The van der Waals surface area contributed by atoms with Crippen LogP contribution in [-0.2, 0) is 9.78 Å². The Morgan fingerprint density at radius 3 is 1.59 bits per heavy atom. The van der Waals surface area contributed by atoms with Gasteiger partial charge >= 0.3 is 17.6 Å². The summed E-state index contributed by atoms with van der Waals surface area (Å²) in [6.07, 6.45) is 0.751. The van der Waals surface area contributed by atoms with Gasteiger partial charge in [0.1, 0.15) is 0 Å². The third kappa shape index (κ3) is 6.09. The summed E-state index contributed by atoms with van der Waals surface area (Å²) < 4.78 is 11.9. The lowest BCUT2D eigenvalue weighted by Gasteiger charge is -2.02. The van der Waals surface area contributed by atoms with E-state index in [1.54, 1.807) is 65.6 Å². The average molecular weight is 372 g/mol. The van der Waals surface area contributed by atoms with E-state index in [1.165, 1.54) is 0 Å². The molecule has 0 fully saturated rings. The number of aromatic nitrogens is 2. The smallest absolute Gasteiger partial charge is 0.272 e. The van der Waals surface area contributed by atoms with Gasteiger partial charge in [-0.15, -0.1) is 4.79 Å². The van der Waals surface area contributed by atoms with Crippen molar-refractivity contribution < 1.29 is 23.8 Å². The summed E-state index contributed by atoms with van der Waals surface area (Å²) in [5.74, 6) is -1.42. The lowest BCUT2D eigenvalue weighted by Crippen LogP contribution is -2.24. The maximum Gasteiger partial charge on any atom is 0.386 e. The molecule has 3 rings (SSSR count). The lowest BCUT2D eigenvalue weighted by atomic mass is 10.2. The third-order valence-electron chi connectivity index (χ3n) is 2.99. The molecule has 0 unspecified atom stereocenters. The summed E-state index contributed by atoms with van der Waals surface area (Å²) in [5, 5.41) is 0. The maximum atomic E-state index is 11.9. The zero-order valence-corrected chi connectivity index (χ0v) is 13.7. The fourth-order valence-electron chi connectivity index (χ4n) is 1.72. The Morgan fingerprint density at radius 2 is 1.22 bits per heavy atom. The molecule has 0 aliphatic heterocycles. The summed E-state index contributed by atoms with van der Waals surface area (Å²) in [4.78, 5) is 53.8. The van der Waals surface area contributed by atoms with Crippen molar-refractivity contribution in [3.8, 4) is 0 Å². The molecule has 1 heterocycles. The van der Waals surface area contributed by atoms with Crippen molar-refractivity contribution in [2.24, 2.45) is 0 Å². The van der Waals surface area contributed by atoms with E-state index in [1.807, 2.05) is 0 Å². The molecule has 0 atom stereocenters. The highest BCUT2D eigenvalue weighted by molar-refractivity contribution is 5.92. The van der Waals surface area contributed by atoms with Crippen molar-refractivity contribution in [3.05, 3.63) is 105 Å². The van der Waals surface area contributed by atoms with E-state index in [9.17, 15) is 23.7 Å². The minimum atomic E-state index is -1.05. The topological polar surface area (TPSA) is 107 Å². The third-order valence-corrected chi connectivity index (χ3v) is 2.99. The van der Waals surface area contributed by atoms with Crippen LogP contribution in [0.15, 0.2) is 82.5 Å². The van der Waals surface area contributed by atoms with E-state index in [2.05, 4.69) is 9.78 Å². The normalized spacial score (nSPS) is 9.52. The van der Waals surface area contributed by atoms with Crippen molar-refractivity contribution in [1.82, 2.24) is 9.77 Å². The second-order valence-electron chi connectivity index (χ2n) is 4.89. The number of hydrogen-bond donors (Lipinski definition) is 1. The van der Waals surface area contributed by atoms with Crippen LogP contribution in [0.2, 0.25) is 0 Å². The molecule has 27 heavy (non-hydrogen) atoms. The molecule has 0 saturated carbocycles. The molecule has 0 saturated heterocycles. The van der Waals surface area contributed by atoms with Crippen molar-refractivity contribution in [2.75, 3.05) is 0 Å². The van der Waals surface area contributed by atoms with E-state index < -0.39 is 23.2 Å². The molecule has 9 heteroatoms. The molecular weight excluding hydrogens is 359 g/mol. The Balaban J connectivity index is 0.000000244. The van der Waals surface area contributed by atoms with Crippen molar-refractivity contribution in [2.45, 2.75) is 0 Å². The van der Waals surface area contributed by atoms with E-state index in [-0.39, 0.29) is 4.79 Å². The van der Waals surface area contributed by atoms with Gasteiger partial charge in [-0.1, -0.05) is 40.9 Å². The molecule has 3 aromatic rings. The number of carbonyl (C=O) groups is 2. The molecular formula is C18H13FN2O6. The van der Waals surface area contributed by atoms with Gasteiger partial charge in [-0.25, -0.2) is 24.2 Å². The number of nitrogens with one attached hydrogen (secondary N) is 1. The van der Waals surface area contributed by atoms with Gasteiger partial charge in [-0.2, -0.15) is 0 Å². The van der Waals surface area contributed by atoms with Crippen LogP contribution in [0, 0.1) is 0 Å². The molecule has 1 N–H and O–H groups in total. The van der Waals surface area contributed by atoms with Crippen LogP contribution in [0.5, 0.6) is 0 Å². The van der Waals surface area contributed by atoms with Gasteiger partial charge in [0, 0.05) is 12.3 Å². The van der Waals surface area contributed by atoms with Crippen LogP contribution >= 0.6 is 0 Å². The minimum absolute atomic E-state index is 0.207. The van der Waals surface area contributed by atoms with E-state index >= 15 is 0 Å². The first-order valence-electron chi connectivity index (χ1n) is 7.49. The predicted molar refractivity (Wildman–Crippen MR) is 91.5 cm³/mol. The summed E-state index contributed by atoms with van der Waals surface area (Å²) in [5.41, 5.74) is -1.02. The summed E-state index contributed by atoms with van der Waals surface area (Å²) in [6, 6.07) is 17.5. The molecule has 0 aliphatic rings. The van der Waals surface area contributed by atoms with Crippen LogP contribution in [0.25, 0.3) is 0 Å². The quantitative estimate of drug-likeness (QED) is 0.544. The first-order valence-corrected chi connectivity index (χ1v) is 7.49. The predicted octanol–water partition coefficient (Wildman–Crippen LogP) is 1.88. The molecule has 0 bridgehead atoms. The SMILES string of the molecule is O=C(OOC(=O)c1ccccc1)c1ccccc1.O=c1ccn(F)c(=O)[nH]1. The van der Waals surface area contributed by atoms with Crippen LogP contribution in [-0.4, -0.2) is 21.7 Å². The van der Waals surface area contributed by atoms with E-state index in [0.717, 1.165) is 12.3 Å². The van der Waals surface area contributed by atoms with E-state index in [4.69, 9.17) is 0 Å². The zero-order valence-electron chi connectivity index (χ0n) is 13.7. The largest absolute Gasteiger partial charge is 0.386 e. The van der Waals surface area contributed by atoms with Gasteiger partial charge in [-0.05, 0) is 24.3 Å². The minimum Gasteiger partial charge on any atom is -0.272 e. The van der Waals surface area contributed by atoms with E-state index in [0.29, 0.717) is 11.1 Å². The van der Waals surface area contributed by atoms with Gasteiger partial charge < -0.3 is 0 Å². The lowest BCUT2D eigenvalue weighted by molar-refractivity contribution is -0.187. The molecule has 0 amide bonds. The number of halogens is 1. The second-order valence-corrected chi connectivity index (χ2v) is 4.89. The van der Waals surface area contributed by atoms with Crippen LogP contribution in [0.1, 0.15) is 20.7 Å². The standard InChI is InChI=1S/C14H10O4.C4H3FN2O2/c15-13(11-7-3-1-4-8-11)17-18-14(16)12-9-5-2-6-10-12;5-7-2-1-3(8)6-4(7)9/h1-10H;1-2H,(H,6,8,9). The van der Waals surface area contributed by atoms with Crippen molar-refractivity contribution in [1.29, 1.82) is 0 Å². The number of benzene rings is 2. The molecule has 0 spiro atoms. The van der Waals surface area contributed by atoms with Crippen molar-refractivity contribution in [3.63, 3.8) is 0 Å². The van der Waals surface area contributed by atoms with Gasteiger partial charge in [0.15, 0.2) is 0 Å².